The van der Waals surface area contributed by atoms with Gasteiger partial charge in [-0.2, -0.15) is 0 Å². The zero-order chi connectivity index (χ0) is 31.9. The molecule has 0 bridgehead atoms. The van der Waals surface area contributed by atoms with E-state index in [1.807, 2.05) is 50.2 Å². The lowest BCUT2D eigenvalue weighted by Crippen LogP contribution is -2.53. The number of sulfonamides is 1. The molecule has 4 aromatic rings. The van der Waals surface area contributed by atoms with Crippen LogP contribution in [0.2, 0.25) is 0 Å². The predicted molar refractivity (Wildman–Crippen MR) is 171 cm³/mol. The molecule has 2 amide bonds. The average molecular weight is 616 g/mol. The van der Waals surface area contributed by atoms with Crippen molar-refractivity contribution in [2.45, 2.75) is 51.6 Å². The van der Waals surface area contributed by atoms with E-state index in [0.29, 0.717) is 23.4 Å². The van der Waals surface area contributed by atoms with Crippen molar-refractivity contribution in [3.8, 4) is 0 Å². The third-order valence-corrected chi connectivity index (χ3v) is 9.17. The van der Waals surface area contributed by atoms with E-state index in [0.717, 1.165) is 21.0 Å². The Morgan fingerprint density at radius 3 is 2.07 bits per heavy atom. The van der Waals surface area contributed by atoms with Gasteiger partial charge < -0.3 is 10.2 Å². The fourth-order valence-corrected chi connectivity index (χ4v) is 6.55. The zero-order valence-corrected chi connectivity index (χ0v) is 26.3. The summed E-state index contributed by atoms with van der Waals surface area (Å²) in [6, 6.07) is 25.9. The molecule has 4 aromatic carbocycles. The average Bonchev–Trinajstić information content (AvgIpc) is 2.99. The smallest absolute Gasteiger partial charge is 0.264 e. The lowest BCUT2D eigenvalue weighted by atomic mass is 10.0. The van der Waals surface area contributed by atoms with Crippen LogP contribution in [-0.4, -0.2) is 44.3 Å². The number of carbonyl (C=O) groups excluding carboxylic acids is 2. The molecule has 0 heterocycles. The number of hydrogen-bond donors (Lipinski definition) is 1. The SMILES string of the molecule is CCNC(=O)[C@H](Cc1ccccc1)N(Cc1ccc(F)cc1)C(=O)CN(c1ccc(C)cc1C)S(=O)(=O)c1ccc(C)cc1. The maximum atomic E-state index is 14.4. The summed E-state index contributed by atoms with van der Waals surface area (Å²) in [5.74, 6) is -1.37. The molecule has 0 unspecified atom stereocenters. The van der Waals surface area contributed by atoms with Gasteiger partial charge in [0.1, 0.15) is 18.4 Å². The molecule has 9 heteroatoms. The van der Waals surface area contributed by atoms with Crippen LogP contribution in [0.4, 0.5) is 10.1 Å². The number of carbonyl (C=O) groups is 2. The van der Waals surface area contributed by atoms with Crippen molar-refractivity contribution < 1.29 is 22.4 Å². The first-order valence-electron chi connectivity index (χ1n) is 14.5. The summed E-state index contributed by atoms with van der Waals surface area (Å²) in [7, 11) is -4.19. The Balaban J connectivity index is 1.81. The van der Waals surface area contributed by atoms with Gasteiger partial charge in [-0.1, -0.05) is 77.9 Å². The van der Waals surface area contributed by atoms with Gasteiger partial charge >= 0.3 is 0 Å². The van der Waals surface area contributed by atoms with Crippen molar-refractivity contribution in [1.29, 1.82) is 0 Å². The highest BCUT2D eigenvalue weighted by molar-refractivity contribution is 7.92. The minimum absolute atomic E-state index is 0.0287. The van der Waals surface area contributed by atoms with Crippen LogP contribution in [-0.2, 0) is 32.6 Å². The summed E-state index contributed by atoms with van der Waals surface area (Å²) in [4.78, 5) is 29.4. The van der Waals surface area contributed by atoms with Crippen LogP contribution in [0.25, 0.3) is 0 Å². The second-order valence-corrected chi connectivity index (χ2v) is 12.7. The number of benzene rings is 4. The lowest BCUT2D eigenvalue weighted by molar-refractivity contribution is -0.140. The molecular formula is C35H38FN3O4S. The number of aryl methyl sites for hydroxylation is 3. The molecule has 0 saturated heterocycles. The van der Waals surface area contributed by atoms with Crippen molar-refractivity contribution in [3.63, 3.8) is 0 Å². The third kappa shape index (κ3) is 7.90. The highest BCUT2D eigenvalue weighted by Gasteiger charge is 2.35. The maximum absolute atomic E-state index is 14.4. The monoisotopic (exact) mass is 615 g/mol. The number of amides is 2. The predicted octanol–water partition coefficient (Wildman–Crippen LogP) is 5.72. The molecule has 44 heavy (non-hydrogen) atoms. The molecule has 4 rings (SSSR count). The molecule has 7 nitrogen and oxygen atoms in total. The fourth-order valence-electron chi connectivity index (χ4n) is 5.07. The summed E-state index contributed by atoms with van der Waals surface area (Å²) in [6.07, 6.45) is 0.202. The van der Waals surface area contributed by atoms with E-state index in [9.17, 15) is 22.4 Å². The Kier molecular flexibility index (Phi) is 10.5. The van der Waals surface area contributed by atoms with Crippen molar-refractivity contribution in [2.24, 2.45) is 0 Å². The number of hydrogen-bond acceptors (Lipinski definition) is 4. The van der Waals surface area contributed by atoms with E-state index >= 15 is 0 Å². The number of anilines is 1. The van der Waals surface area contributed by atoms with Gasteiger partial charge in [0.05, 0.1) is 10.6 Å². The number of nitrogens with one attached hydrogen (secondary N) is 1. The summed E-state index contributed by atoms with van der Waals surface area (Å²) in [6.45, 7) is 7.13. The second kappa shape index (κ2) is 14.3. The van der Waals surface area contributed by atoms with Gasteiger partial charge in [-0.3, -0.25) is 13.9 Å². The fraction of sp³-hybridized carbons (Fsp3) is 0.257. The summed E-state index contributed by atoms with van der Waals surface area (Å²) in [5, 5.41) is 2.83. The van der Waals surface area contributed by atoms with E-state index < -0.39 is 34.3 Å². The molecule has 0 aromatic heterocycles. The van der Waals surface area contributed by atoms with Crippen molar-refractivity contribution in [1.82, 2.24) is 10.2 Å². The number of rotatable bonds is 12. The largest absolute Gasteiger partial charge is 0.355 e. The Bertz CT molecular complexity index is 1690. The van der Waals surface area contributed by atoms with Crippen LogP contribution in [0.15, 0.2) is 102 Å². The van der Waals surface area contributed by atoms with Gasteiger partial charge in [-0.05, 0) is 74.7 Å². The summed E-state index contributed by atoms with van der Waals surface area (Å²) >= 11 is 0. The summed E-state index contributed by atoms with van der Waals surface area (Å²) < 4.78 is 43.2. The van der Waals surface area contributed by atoms with Crippen molar-refractivity contribution >= 4 is 27.5 Å². The maximum Gasteiger partial charge on any atom is 0.264 e. The lowest BCUT2D eigenvalue weighted by Gasteiger charge is -2.34. The van der Waals surface area contributed by atoms with Gasteiger partial charge in [-0.25, -0.2) is 12.8 Å². The molecule has 0 radical (unpaired) electrons. The first kappa shape index (κ1) is 32.4. The molecule has 0 aliphatic heterocycles. The standard InChI is InChI=1S/C35H38FN3O4S/c1-5-37-35(41)33(22-28-9-7-6-8-10-28)38(23-29-14-16-30(36)17-15-29)34(40)24-39(32-20-13-26(3)21-27(32)4)44(42,43)31-18-11-25(2)12-19-31/h6-21,33H,5,22-24H2,1-4H3,(H,37,41)/t33-/m0/s1. The van der Waals surface area contributed by atoms with Crippen LogP contribution in [0.5, 0.6) is 0 Å². The van der Waals surface area contributed by atoms with Crippen LogP contribution >= 0.6 is 0 Å². The second-order valence-electron chi connectivity index (χ2n) is 10.9. The van der Waals surface area contributed by atoms with Gasteiger partial charge in [0.15, 0.2) is 0 Å². The molecule has 230 valence electrons. The third-order valence-electron chi connectivity index (χ3n) is 7.40. The van der Waals surface area contributed by atoms with Crippen LogP contribution in [0, 0.1) is 26.6 Å². The first-order valence-corrected chi connectivity index (χ1v) is 16.0. The highest BCUT2D eigenvalue weighted by Crippen LogP contribution is 2.29. The minimum atomic E-state index is -4.19. The van der Waals surface area contributed by atoms with Gasteiger partial charge in [-0.15, -0.1) is 0 Å². The number of halogens is 1. The Hall–Kier alpha value is -4.50. The molecule has 0 saturated carbocycles. The highest BCUT2D eigenvalue weighted by atomic mass is 32.2. The molecule has 0 aliphatic rings. The van der Waals surface area contributed by atoms with Gasteiger partial charge in [0, 0.05) is 19.5 Å². The first-order chi connectivity index (χ1) is 21.0. The topological polar surface area (TPSA) is 86.8 Å². The Morgan fingerprint density at radius 1 is 0.818 bits per heavy atom. The molecule has 0 aliphatic carbocycles. The van der Waals surface area contributed by atoms with Gasteiger partial charge in [0.2, 0.25) is 11.8 Å². The van der Waals surface area contributed by atoms with Gasteiger partial charge in [0.25, 0.3) is 10.0 Å². The van der Waals surface area contributed by atoms with E-state index in [-0.39, 0.29) is 23.8 Å². The summed E-state index contributed by atoms with van der Waals surface area (Å²) in [5.41, 5.74) is 4.32. The van der Waals surface area contributed by atoms with Crippen molar-refractivity contribution in [2.75, 3.05) is 17.4 Å². The van der Waals surface area contributed by atoms with Crippen molar-refractivity contribution in [3.05, 3.63) is 131 Å². The molecule has 0 fully saturated rings. The molecular weight excluding hydrogens is 577 g/mol. The number of nitrogens with zero attached hydrogens (tertiary/aromatic N) is 2. The van der Waals surface area contributed by atoms with Crippen LogP contribution < -0.4 is 9.62 Å². The van der Waals surface area contributed by atoms with Crippen LogP contribution in [0.1, 0.15) is 34.7 Å². The molecule has 1 atom stereocenters. The van der Waals surface area contributed by atoms with Crippen LogP contribution in [0.3, 0.4) is 0 Å². The molecule has 0 spiro atoms. The normalized spacial score (nSPS) is 11.9. The van der Waals surface area contributed by atoms with E-state index in [4.69, 9.17) is 0 Å². The van der Waals surface area contributed by atoms with E-state index in [1.165, 1.54) is 29.2 Å². The quantitative estimate of drug-likeness (QED) is 0.221. The Morgan fingerprint density at radius 2 is 1.45 bits per heavy atom. The van der Waals surface area contributed by atoms with E-state index in [1.54, 1.807) is 50.2 Å². The minimum Gasteiger partial charge on any atom is -0.355 e. The Labute approximate surface area is 259 Å². The van der Waals surface area contributed by atoms with E-state index in [2.05, 4.69) is 5.32 Å². The molecule has 1 N–H and O–H groups in total. The zero-order valence-electron chi connectivity index (χ0n) is 25.5. The number of likely N-dealkylation sites (N-methyl/N-ethyl adjacent to an activating group) is 1.